The van der Waals surface area contributed by atoms with Crippen LogP contribution in [-0.4, -0.2) is 21.8 Å². The van der Waals surface area contributed by atoms with Gasteiger partial charge in [-0.3, -0.25) is 9.59 Å². The summed E-state index contributed by atoms with van der Waals surface area (Å²) >= 11 is 11.3. The molecule has 0 unspecified atom stereocenters. The minimum absolute atomic E-state index is 0.221. The summed E-state index contributed by atoms with van der Waals surface area (Å²) in [6.07, 6.45) is 2.71. The van der Waals surface area contributed by atoms with Crippen molar-refractivity contribution in [1.82, 2.24) is 9.97 Å². The molecule has 0 aliphatic heterocycles. The van der Waals surface area contributed by atoms with Gasteiger partial charge in [0.2, 0.25) is 0 Å². The van der Waals surface area contributed by atoms with Crippen LogP contribution in [0.15, 0.2) is 36.7 Å². The van der Waals surface area contributed by atoms with Gasteiger partial charge in [-0.05, 0) is 24.3 Å². The molecule has 0 saturated carbocycles. The molecule has 0 spiro atoms. The van der Waals surface area contributed by atoms with Crippen molar-refractivity contribution in [2.75, 3.05) is 10.6 Å². The highest BCUT2D eigenvalue weighted by atomic mass is 35.5. The molecule has 0 aliphatic rings. The third kappa shape index (κ3) is 3.91. The number of nitrogens with one attached hydrogen (secondary N) is 2. The molecule has 6 nitrogen and oxygen atoms in total. The van der Waals surface area contributed by atoms with Crippen LogP contribution in [-0.2, 0) is 9.59 Å². The van der Waals surface area contributed by atoms with E-state index in [1.165, 1.54) is 24.5 Å². The van der Waals surface area contributed by atoms with Crippen LogP contribution in [0.3, 0.4) is 0 Å². The number of rotatable bonds is 2. The Morgan fingerprint density at radius 2 is 1.20 bits per heavy atom. The van der Waals surface area contributed by atoms with Crippen LogP contribution in [0.4, 0.5) is 11.6 Å². The fourth-order valence-corrected chi connectivity index (χ4v) is 1.47. The smallest absolute Gasteiger partial charge is 0.302 e. The fraction of sp³-hybridized carbons (Fsp3) is 0. The van der Waals surface area contributed by atoms with Crippen LogP contribution in [0.1, 0.15) is 0 Å². The minimum atomic E-state index is -0.864. The Bertz CT molecular complexity index is 571. The molecule has 2 aromatic rings. The van der Waals surface area contributed by atoms with Gasteiger partial charge >= 0.3 is 11.8 Å². The van der Waals surface area contributed by atoms with Crippen LogP contribution in [0.2, 0.25) is 10.0 Å². The maximum atomic E-state index is 11.6. The summed E-state index contributed by atoms with van der Waals surface area (Å²) in [5.74, 6) is -1.29. The SMILES string of the molecule is O=C(Nc1ccc(Cl)cn1)C(=O)Nc1ccc(Cl)cn1. The first-order valence-corrected chi connectivity index (χ1v) is 6.15. The van der Waals surface area contributed by atoms with Crippen LogP contribution in [0, 0.1) is 0 Å². The molecule has 20 heavy (non-hydrogen) atoms. The van der Waals surface area contributed by atoms with Crippen molar-refractivity contribution < 1.29 is 9.59 Å². The predicted octanol–water partition coefficient (Wildman–Crippen LogP) is 2.36. The van der Waals surface area contributed by atoms with Crippen molar-refractivity contribution in [2.45, 2.75) is 0 Å². The maximum absolute atomic E-state index is 11.6. The lowest BCUT2D eigenvalue weighted by atomic mass is 10.4. The van der Waals surface area contributed by atoms with Crippen molar-refractivity contribution in [1.29, 1.82) is 0 Å². The van der Waals surface area contributed by atoms with Gasteiger partial charge < -0.3 is 10.6 Å². The van der Waals surface area contributed by atoms with Gasteiger partial charge in [-0.25, -0.2) is 9.97 Å². The van der Waals surface area contributed by atoms with Crippen LogP contribution in [0.25, 0.3) is 0 Å². The van der Waals surface area contributed by atoms with Crippen molar-refractivity contribution in [3.8, 4) is 0 Å². The molecule has 0 saturated heterocycles. The summed E-state index contributed by atoms with van der Waals surface area (Å²) in [6.45, 7) is 0. The lowest BCUT2D eigenvalue weighted by Gasteiger charge is -2.05. The summed E-state index contributed by atoms with van der Waals surface area (Å²) in [7, 11) is 0. The molecule has 0 bridgehead atoms. The van der Waals surface area contributed by atoms with Gasteiger partial charge in [-0.1, -0.05) is 23.2 Å². The molecule has 2 heterocycles. The normalized spacial score (nSPS) is 9.90. The number of aromatic nitrogens is 2. The van der Waals surface area contributed by atoms with E-state index in [9.17, 15) is 9.59 Å². The first-order chi connectivity index (χ1) is 9.54. The number of hydrogen-bond acceptors (Lipinski definition) is 4. The van der Waals surface area contributed by atoms with Gasteiger partial charge in [-0.15, -0.1) is 0 Å². The van der Waals surface area contributed by atoms with E-state index in [1.54, 1.807) is 12.1 Å². The molecule has 0 radical (unpaired) electrons. The van der Waals surface area contributed by atoms with E-state index in [4.69, 9.17) is 23.2 Å². The second-order valence-electron chi connectivity index (χ2n) is 3.63. The summed E-state index contributed by atoms with van der Waals surface area (Å²) < 4.78 is 0. The molecule has 0 aromatic carbocycles. The Morgan fingerprint density at radius 3 is 1.50 bits per heavy atom. The molecule has 2 amide bonds. The van der Waals surface area contributed by atoms with E-state index in [-0.39, 0.29) is 11.6 Å². The molecular formula is C12H8Cl2N4O2. The highest BCUT2D eigenvalue weighted by Gasteiger charge is 2.14. The first-order valence-electron chi connectivity index (χ1n) is 5.40. The third-order valence-electron chi connectivity index (χ3n) is 2.14. The number of amides is 2. The number of anilines is 2. The van der Waals surface area contributed by atoms with Gasteiger partial charge in [-0.2, -0.15) is 0 Å². The van der Waals surface area contributed by atoms with E-state index in [0.717, 1.165) is 0 Å². The summed E-state index contributed by atoms with van der Waals surface area (Å²) in [4.78, 5) is 30.9. The Hall–Kier alpha value is -2.18. The van der Waals surface area contributed by atoms with Crippen LogP contribution < -0.4 is 10.6 Å². The number of carbonyl (C=O) groups is 2. The Balaban J connectivity index is 1.96. The fourth-order valence-electron chi connectivity index (χ4n) is 1.25. The van der Waals surface area contributed by atoms with Crippen LogP contribution >= 0.6 is 23.2 Å². The molecule has 0 atom stereocenters. The van der Waals surface area contributed by atoms with Crippen molar-refractivity contribution in [3.05, 3.63) is 46.7 Å². The zero-order chi connectivity index (χ0) is 14.5. The molecule has 0 aliphatic carbocycles. The third-order valence-corrected chi connectivity index (χ3v) is 2.59. The van der Waals surface area contributed by atoms with Crippen molar-refractivity contribution in [2.24, 2.45) is 0 Å². The zero-order valence-electron chi connectivity index (χ0n) is 9.93. The topological polar surface area (TPSA) is 84.0 Å². The molecule has 102 valence electrons. The van der Waals surface area contributed by atoms with Gasteiger partial charge in [0.05, 0.1) is 10.0 Å². The van der Waals surface area contributed by atoms with Crippen molar-refractivity contribution >= 4 is 46.7 Å². The van der Waals surface area contributed by atoms with E-state index in [1.807, 2.05) is 0 Å². The van der Waals surface area contributed by atoms with E-state index in [0.29, 0.717) is 10.0 Å². The standard InChI is InChI=1S/C12H8Cl2N4O2/c13-7-1-3-9(15-5-7)17-11(19)12(20)18-10-4-2-8(14)6-16-10/h1-6H,(H,15,17,19)(H,16,18,20). The maximum Gasteiger partial charge on any atom is 0.315 e. The molecule has 2 rings (SSSR count). The number of halogens is 2. The first kappa shape index (κ1) is 14.2. The number of hydrogen-bond donors (Lipinski definition) is 2. The van der Waals surface area contributed by atoms with Gasteiger partial charge in [0.15, 0.2) is 0 Å². The second-order valence-corrected chi connectivity index (χ2v) is 4.50. The Morgan fingerprint density at radius 1 is 0.800 bits per heavy atom. The highest BCUT2D eigenvalue weighted by molar-refractivity contribution is 6.43. The average Bonchev–Trinajstić information content (AvgIpc) is 2.44. The minimum Gasteiger partial charge on any atom is -0.302 e. The molecule has 0 fully saturated rings. The molecule has 2 N–H and O–H groups in total. The van der Waals surface area contributed by atoms with Crippen molar-refractivity contribution in [3.63, 3.8) is 0 Å². The highest BCUT2D eigenvalue weighted by Crippen LogP contribution is 2.11. The Labute approximate surface area is 124 Å². The monoisotopic (exact) mass is 310 g/mol. The quantitative estimate of drug-likeness (QED) is 0.834. The lowest BCUT2D eigenvalue weighted by Crippen LogP contribution is -2.29. The van der Waals surface area contributed by atoms with E-state index in [2.05, 4.69) is 20.6 Å². The number of carbonyl (C=O) groups excluding carboxylic acids is 2. The zero-order valence-corrected chi connectivity index (χ0v) is 11.4. The van der Waals surface area contributed by atoms with Gasteiger partial charge in [0.25, 0.3) is 0 Å². The largest absolute Gasteiger partial charge is 0.315 e. The van der Waals surface area contributed by atoms with E-state index < -0.39 is 11.8 Å². The predicted molar refractivity (Wildman–Crippen MR) is 75.8 cm³/mol. The van der Waals surface area contributed by atoms with E-state index >= 15 is 0 Å². The Kier molecular flexibility index (Phi) is 4.49. The lowest BCUT2D eigenvalue weighted by molar-refractivity contribution is -0.133. The average molecular weight is 311 g/mol. The molecule has 8 heteroatoms. The summed E-state index contributed by atoms with van der Waals surface area (Å²) in [5, 5.41) is 5.51. The van der Waals surface area contributed by atoms with Crippen LogP contribution in [0.5, 0.6) is 0 Å². The van der Waals surface area contributed by atoms with Gasteiger partial charge in [0.1, 0.15) is 11.6 Å². The molecule has 2 aromatic heterocycles. The van der Waals surface area contributed by atoms with Gasteiger partial charge in [0, 0.05) is 12.4 Å². The number of nitrogens with zero attached hydrogens (tertiary/aromatic N) is 2. The summed E-state index contributed by atoms with van der Waals surface area (Å²) in [6, 6.07) is 6.05. The second kappa shape index (κ2) is 6.31. The molecular weight excluding hydrogens is 303 g/mol. The number of pyridine rings is 2. The summed E-state index contributed by atoms with van der Waals surface area (Å²) in [5.41, 5.74) is 0.